The molecule has 82 valence electrons. The van der Waals surface area contributed by atoms with Crippen LogP contribution in [0.5, 0.6) is 5.88 Å². The van der Waals surface area contributed by atoms with Crippen LogP contribution < -0.4 is 10.1 Å². The van der Waals surface area contributed by atoms with Crippen LogP contribution in [-0.2, 0) is 0 Å². The molecule has 0 bridgehead atoms. The maximum Gasteiger partial charge on any atom is 0.232 e. The lowest BCUT2D eigenvalue weighted by molar-refractivity contribution is 0.286. The molecule has 1 heterocycles. The fourth-order valence-electron chi connectivity index (χ4n) is 1.18. The summed E-state index contributed by atoms with van der Waals surface area (Å²) in [7, 11) is 0. The molecule has 0 spiro atoms. The van der Waals surface area contributed by atoms with Crippen molar-refractivity contribution in [3.8, 4) is 5.88 Å². The molecular formula is C10H14BrN3O. The summed E-state index contributed by atoms with van der Waals surface area (Å²) in [5.74, 6) is 1.98. The summed E-state index contributed by atoms with van der Waals surface area (Å²) in [5, 5.41) is 3.06. The van der Waals surface area contributed by atoms with Gasteiger partial charge in [-0.3, -0.25) is 0 Å². The van der Waals surface area contributed by atoms with E-state index in [1.54, 1.807) is 6.20 Å². The van der Waals surface area contributed by atoms with E-state index in [-0.39, 0.29) is 0 Å². The lowest BCUT2D eigenvalue weighted by atomic mass is 10.5. The summed E-state index contributed by atoms with van der Waals surface area (Å²) in [4.78, 5) is 8.39. The third-order valence-electron chi connectivity index (χ3n) is 2.20. The summed E-state index contributed by atoms with van der Waals surface area (Å²) >= 11 is 3.37. The molecule has 1 saturated carbocycles. The van der Waals surface area contributed by atoms with Gasteiger partial charge in [-0.25, -0.2) is 4.98 Å². The van der Waals surface area contributed by atoms with Crippen LogP contribution in [-0.4, -0.2) is 23.1 Å². The van der Waals surface area contributed by atoms with Crippen LogP contribution in [0.25, 0.3) is 0 Å². The third-order valence-corrected chi connectivity index (χ3v) is 2.74. The number of anilines is 1. The number of nitrogens with zero attached hydrogens (tertiary/aromatic N) is 2. The first-order valence-corrected chi connectivity index (χ1v) is 5.98. The van der Waals surface area contributed by atoms with Gasteiger partial charge in [-0.2, -0.15) is 4.98 Å². The summed E-state index contributed by atoms with van der Waals surface area (Å²) in [6.07, 6.45) is 4.28. The predicted molar refractivity (Wildman–Crippen MR) is 62.1 cm³/mol. The second kappa shape index (κ2) is 4.79. The van der Waals surface area contributed by atoms with Crippen LogP contribution in [0.4, 0.5) is 5.95 Å². The van der Waals surface area contributed by atoms with Crippen molar-refractivity contribution in [2.45, 2.75) is 19.8 Å². The maximum absolute atomic E-state index is 5.61. The summed E-state index contributed by atoms with van der Waals surface area (Å²) in [6.45, 7) is 3.58. The number of ether oxygens (including phenoxy) is 1. The van der Waals surface area contributed by atoms with Crippen LogP contribution in [0.15, 0.2) is 10.7 Å². The Balaban J connectivity index is 2.01. The van der Waals surface area contributed by atoms with Crippen molar-refractivity contribution < 1.29 is 4.74 Å². The number of nitrogens with one attached hydrogen (secondary N) is 1. The van der Waals surface area contributed by atoms with Crippen LogP contribution in [0.3, 0.4) is 0 Å². The van der Waals surface area contributed by atoms with Crippen molar-refractivity contribution >= 4 is 21.9 Å². The van der Waals surface area contributed by atoms with Crippen LogP contribution in [0.1, 0.15) is 19.8 Å². The molecule has 0 saturated heterocycles. The second-order valence-electron chi connectivity index (χ2n) is 3.63. The molecule has 4 nitrogen and oxygen atoms in total. The molecule has 1 aromatic rings. The molecule has 1 fully saturated rings. The average molecular weight is 272 g/mol. The fraction of sp³-hybridized carbons (Fsp3) is 0.600. The van der Waals surface area contributed by atoms with Crippen molar-refractivity contribution in [3.63, 3.8) is 0 Å². The van der Waals surface area contributed by atoms with Crippen molar-refractivity contribution in [2.75, 3.05) is 18.5 Å². The van der Waals surface area contributed by atoms with Crippen molar-refractivity contribution in [1.82, 2.24) is 9.97 Å². The van der Waals surface area contributed by atoms with Gasteiger partial charge in [0.2, 0.25) is 11.8 Å². The first kappa shape index (κ1) is 10.7. The summed E-state index contributed by atoms with van der Waals surface area (Å²) in [6, 6.07) is 0. The number of hydrogen-bond acceptors (Lipinski definition) is 4. The minimum atomic E-state index is 0.617. The smallest absolute Gasteiger partial charge is 0.232 e. The van der Waals surface area contributed by atoms with E-state index in [4.69, 9.17) is 4.74 Å². The van der Waals surface area contributed by atoms with Crippen molar-refractivity contribution in [1.29, 1.82) is 0 Å². The zero-order chi connectivity index (χ0) is 10.7. The molecule has 1 N–H and O–H groups in total. The topological polar surface area (TPSA) is 47.0 Å². The Kier molecular flexibility index (Phi) is 3.41. The van der Waals surface area contributed by atoms with Gasteiger partial charge in [-0.1, -0.05) is 0 Å². The van der Waals surface area contributed by atoms with Gasteiger partial charge in [0.1, 0.15) is 0 Å². The number of hydrogen-bond donors (Lipinski definition) is 1. The number of rotatable bonds is 5. The largest absolute Gasteiger partial charge is 0.476 e. The van der Waals surface area contributed by atoms with Gasteiger partial charge < -0.3 is 10.1 Å². The van der Waals surface area contributed by atoms with Gasteiger partial charge in [0, 0.05) is 6.54 Å². The molecule has 2 rings (SSSR count). The normalized spacial score (nSPS) is 15.1. The highest BCUT2D eigenvalue weighted by Gasteiger charge is 2.22. The zero-order valence-corrected chi connectivity index (χ0v) is 10.2. The lowest BCUT2D eigenvalue weighted by Crippen LogP contribution is -2.06. The summed E-state index contributed by atoms with van der Waals surface area (Å²) in [5.41, 5.74) is 0. The quantitative estimate of drug-likeness (QED) is 0.894. The molecule has 0 atom stereocenters. The maximum atomic E-state index is 5.61. The standard InChI is InChI=1S/C10H14BrN3O/c1-2-12-10-13-5-8(11)9(14-10)15-6-7-3-4-7/h5,7H,2-4,6H2,1H3,(H,12,13,14). The predicted octanol–water partition coefficient (Wildman–Crippen LogP) is 2.46. The second-order valence-corrected chi connectivity index (χ2v) is 4.49. The highest BCUT2D eigenvalue weighted by molar-refractivity contribution is 9.10. The average Bonchev–Trinajstić information content (AvgIpc) is 3.03. The SMILES string of the molecule is CCNc1ncc(Br)c(OCC2CC2)n1. The Labute approximate surface area is 97.6 Å². The van der Waals surface area contributed by atoms with E-state index in [1.807, 2.05) is 6.92 Å². The third kappa shape index (κ3) is 3.06. The molecule has 0 aromatic carbocycles. The van der Waals surface area contributed by atoms with Gasteiger partial charge >= 0.3 is 0 Å². The van der Waals surface area contributed by atoms with E-state index in [0.717, 1.165) is 23.5 Å². The lowest BCUT2D eigenvalue weighted by Gasteiger charge is -2.07. The molecule has 0 amide bonds. The van der Waals surface area contributed by atoms with Crippen molar-refractivity contribution in [3.05, 3.63) is 10.7 Å². The van der Waals surface area contributed by atoms with Crippen LogP contribution >= 0.6 is 15.9 Å². The summed E-state index contributed by atoms with van der Waals surface area (Å²) < 4.78 is 6.42. The Morgan fingerprint density at radius 3 is 3.07 bits per heavy atom. The van der Waals surface area contributed by atoms with E-state index >= 15 is 0 Å². The van der Waals surface area contributed by atoms with Gasteiger partial charge in [-0.05, 0) is 41.6 Å². The molecule has 15 heavy (non-hydrogen) atoms. The van der Waals surface area contributed by atoms with E-state index in [1.165, 1.54) is 12.8 Å². The molecule has 0 aliphatic heterocycles. The Morgan fingerprint density at radius 1 is 1.60 bits per heavy atom. The molecule has 1 aliphatic rings. The van der Waals surface area contributed by atoms with Gasteiger partial charge in [0.05, 0.1) is 17.3 Å². The van der Waals surface area contributed by atoms with E-state index < -0.39 is 0 Å². The van der Waals surface area contributed by atoms with E-state index in [2.05, 4.69) is 31.2 Å². The zero-order valence-electron chi connectivity index (χ0n) is 8.66. The minimum absolute atomic E-state index is 0.617. The van der Waals surface area contributed by atoms with Crippen molar-refractivity contribution in [2.24, 2.45) is 5.92 Å². The van der Waals surface area contributed by atoms with E-state index in [9.17, 15) is 0 Å². The molecule has 0 radical (unpaired) electrons. The molecule has 0 unspecified atom stereocenters. The number of halogens is 1. The van der Waals surface area contributed by atoms with Crippen LogP contribution in [0.2, 0.25) is 0 Å². The Hall–Kier alpha value is -0.840. The molecule has 1 aromatic heterocycles. The first-order chi connectivity index (χ1) is 7.29. The number of aromatic nitrogens is 2. The Bertz CT molecular complexity index is 341. The van der Waals surface area contributed by atoms with Gasteiger partial charge in [0.15, 0.2) is 0 Å². The van der Waals surface area contributed by atoms with Gasteiger partial charge in [-0.15, -0.1) is 0 Å². The highest BCUT2D eigenvalue weighted by atomic mass is 79.9. The first-order valence-electron chi connectivity index (χ1n) is 5.18. The fourth-order valence-corrected chi connectivity index (χ4v) is 1.48. The van der Waals surface area contributed by atoms with E-state index in [0.29, 0.717) is 11.8 Å². The highest BCUT2D eigenvalue weighted by Crippen LogP contribution is 2.31. The molecule has 5 heteroatoms. The molecule has 1 aliphatic carbocycles. The minimum Gasteiger partial charge on any atom is -0.476 e. The van der Waals surface area contributed by atoms with Crippen LogP contribution in [0, 0.1) is 5.92 Å². The monoisotopic (exact) mass is 271 g/mol. The molecular weight excluding hydrogens is 258 g/mol. The van der Waals surface area contributed by atoms with Gasteiger partial charge in [0.25, 0.3) is 0 Å². The Morgan fingerprint density at radius 2 is 2.40 bits per heavy atom.